The van der Waals surface area contributed by atoms with Gasteiger partial charge in [-0.25, -0.2) is 0 Å². The standard InChI is InChI=1S/C13H16Cl3NO/c1-8(6-14)7-18-13-10(3-9(2)17)4-11(15)5-12(13)16/h4-6,9H,3,7,17H2,1-2H3/b8-6+. The fourth-order valence-electron chi connectivity index (χ4n) is 1.49. The van der Waals surface area contributed by atoms with E-state index in [2.05, 4.69) is 0 Å². The van der Waals surface area contributed by atoms with E-state index in [1.807, 2.05) is 19.9 Å². The second kappa shape index (κ2) is 7.25. The molecule has 0 aliphatic heterocycles. The van der Waals surface area contributed by atoms with E-state index in [0.29, 0.717) is 28.8 Å². The molecule has 0 aliphatic rings. The van der Waals surface area contributed by atoms with Gasteiger partial charge in [-0.2, -0.15) is 0 Å². The van der Waals surface area contributed by atoms with Crippen LogP contribution in [0.5, 0.6) is 5.75 Å². The highest BCUT2D eigenvalue weighted by Crippen LogP contribution is 2.33. The molecule has 5 heteroatoms. The lowest BCUT2D eigenvalue weighted by atomic mass is 10.1. The minimum atomic E-state index is 0.00606. The highest BCUT2D eigenvalue weighted by Gasteiger charge is 2.12. The molecular weight excluding hydrogens is 293 g/mol. The third kappa shape index (κ3) is 4.69. The topological polar surface area (TPSA) is 35.2 Å². The lowest BCUT2D eigenvalue weighted by Gasteiger charge is -2.15. The number of hydrogen-bond donors (Lipinski definition) is 1. The molecule has 1 unspecified atom stereocenters. The minimum absolute atomic E-state index is 0.00606. The molecule has 100 valence electrons. The highest BCUT2D eigenvalue weighted by atomic mass is 35.5. The van der Waals surface area contributed by atoms with E-state index < -0.39 is 0 Å². The summed E-state index contributed by atoms with van der Waals surface area (Å²) in [5, 5.41) is 1.06. The monoisotopic (exact) mass is 307 g/mol. The van der Waals surface area contributed by atoms with Gasteiger partial charge in [0.15, 0.2) is 0 Å². The molecule has 0 fully saturated rings. The molecule has 0 saturated heterocycles. The van der Waals surface area contributed by atoms with Crippen molar-refractivity contribution < 1.29 is 4.74 Å². The Hall–Kier alpha value is -0.410. The normalized spacial score (nSPS) is 13.6. The van der Waals surface area contributed by atoms with Crippen molar-refractivity contribution in [3.63, 3.8) is 0 Å². The molecule has 2 nitrogen and oxygen atoms in total. The van der Waals surface area contributed by atoms with Crippen LogP contribution in [0.25, 0.3) is 0 Å². The lowest BCUT2D eigenvalue weighted by Crippen LogP contribution is -2.18. The Balaban J connectivity index is 2.99. The zero-order valence-corrected chi connectivity index (χ0v) is 12.6. The Morgan fingerprint density at radius 1 is 1.44 bits per heavy atom. The van der Waals surface area contributed by atoms with Gasteiger partial charge in [0.25, 0.3) is 0 Å². The van der Waals surface area contributed by atoms with Crippen molar-refractivity contribution in [3.8, 4) is 5.75 Å². The first-order chi connectivity index (χ1) is 8.43. The van der Waals surface area contributed by atoms with Crippen molar-refractivity contribution in [1.29, 1.82) is 0 Å². The summed E-state index contributed by atoms with van der Waals surface area (Å²) in [6, 6.07) is 3.49. The fourth-order valence-corrected chi connectivity index (χ4v) is 2.14. The molecule has 18 heavy (non-hydrogen) atoms. The minimum Gasteiger partial charge on any atom is -0.487 e. The molecular formula is C13H16Cl3NO. The molecule has 0 saturated carbocycles. The fraction of sp³-hybridized carbons (Fsp3) is 0.385. The van der Waals surface area contributed by atoms with Gasteiger partial charge in [-0.05, 0) is 43.5 Å². The first-order valence-corrected chi connectivity index (χ1v) is 6.75. The molecule has 0 amide bonds. The maximum absolute atomic E-state index is 6.14. The van der Waals surface area contributed by atoms with Crippen molar-refractivity contribution >= 4 is 34.8 Å². The van der Waals surface area contributed by atoms with Gasteiger partial charge >= 0.3 is 0 Å². The Kier molecular flexibility index (Phi) is 6.30. The van der Waals surface area contributed by atoms with E-state index in [1.165, 1.54) is 5.54 Å². The summed E-state index contributed by atoms with van der Waals surface area (Å²) in [6.07, 6.45) is 0.652. The molecule has 1 aromatic carbocycles. The summed E-state index contributed by atoms with van der Waals surface area (Å²) in [5.74, 6) is 0.622. The van der Waals surface area contributed by atoms with Crippen LogP contribution < -0.4 is 10.5 Å². The average Bonchev–Trinajstić information content (AvgIpc) is 2.26. The Morgan fingerprint density at radius 2 is 2.11 bits per heavy atom. The van der Waals surface area contributed by atoms with Gasteiger partial charge < -0.3 is 10.5 Å². The van der Waals surface area contributed by atoms with Crippen molar-refractivity contribution in [1.82, 2.24) is 0 Å². The van der Waals surface area contributed by atoms with Gasteiger partial charge in [0.05, 0.1) is 5.02 Å². The molecule has 1 rings (SSSR count). The third-order valence-corrected chi connectivity index (χ3v) is 3.13. The molecule has 0 heterocycles. The van der Waals surface area contributed by atoms with Crippen molar-refractivity contribution in [2.24, 2.45) is 5.73 Å². The van der Waals surface area contributed by atoms with E-state index in [0.717, 1.165) is 11.1 Å². The Bertz CT molecular complexity index is 444. The maximum atomic E-state index is 6.14. The van der Waals surface area contributed by atoms with Crippen LogP contribution in [0.3, 0.4) is 0 Å². The van der Waals surface area contributed by atoms with Gasteiger partial charge in [0, 0.05) is 16.6 Å². The zero-order valence-electron chi connectivity index (χ0n) is 10.3. The molecule has 0 spiro atoms. The van der Waals surface area contributed by atoms with Crippen LogP contribution in [0.4, 0.5) is 0 Å². The number of hydrogen-bond acceptors (Lipinski definition) is 2. The largest absolute Gasteiger partial charge is 0.487 e. The quantitative estimate of drug-likeness (QED) is 0.874. The predicted octanol–water partition coefficient (Wildman–Crippen LogP) is 4.40. The molecule has 0 aliphatic carbocycles. The number of nitrogens with two attached hydrogens (primary N) is 1. The van der Waals surface area contributed by atoms with Crippen molar-refractivity contribution in [2.75, 3.05) is 6.61 Å². The van der Waals surface area contributed by atoms with E-state index >= 15 is 0 Å². The summed E-state index contributed by atoms with van der Waals surface area (Å²) >= 11 is 17.7. The second-order valence-corrected chi connectivity index (χ2v) is 5.36. The molecule has 0 radical (unpaired) electrons. The van der Waals surface area contributed by atoms with Crippen LogP contribution in [0.1, 0.15) is 19.4 Å². The zero-order chi connectivity index (χ0) is 13.7. The molecule has 2 N–H and O–H groups in total. The van der Waals surface area contributed by atoms with E-state index in [4.69, 9.17) is 45.3 Å². The van der Waals surface area contributed by atoms with Gasteiger partial charge in [-0.15, -0.1) is 0 Å². The van der Waals surface area contributed by atoms with Crippen molar-refractivity contribution in [3.05, 3.63) is 38.8 Å². The molecule has 1 aromatic rings. The van der Waals surface area contributed by atoms with Crippen molar-refractivity contribution in [2.45, 2.75) is 26.3 Å². The van der Waals surface area contributed by atoms with Crippen LogP contribution >= 0.6 is 34.8 Å². The summed E-state index contributed by atoms with van der Waals surface area (Å²) in [6.45, 7) is 4.18. The van der Waals surface area contributed by atoms with Gasteiger partial charge in [0.2, 0.25) is 0 Å². The number of halogens is 3. The van der Waals surface area contributed by atoms with E-state index in [-0.39, 0.29) is 6.04 Å². The number of ether oxygens (including phenoxy) is 1. The third-order valence-electron chi connectivity index (χ3n) is 2.26. The van der Waals surface area contributed by atoms with Crippen LogP contribution in [0.2, 0.25) is 10.0 Å². The number of rotatable bonds is 5. The van der Waals surface area contributed by atoms with Crippen LogP contribution in [0, 0.1) is 0 Å². The Labute approximate surface area is 123 Å². The van der Waals surface area contributed by atoms with Gasteiger partial charge in [-0.1, -0.05) is 34.8 Å². The van der Waals surface area contributed by atoms with Crippen LogP contribution in [-0.4, -0.2) is 12.6 Å². The Morgan fingerprint density at radius 3 is 2.67 bits per heavy atom. The summed E-state index contributed by atoms with van der Waals surface area (Å²) in [5.41, 5.74) is 9.10. The molecule has 1 atom stereocenters. The SMILES string of the molecule is C/C(=C\Cl)COc1c(Cl)cc(Cl)cc1CC(C)N. The second-order valence-electron chi connectivity index (χ2n) is 4.30. The van der Waals surface area contributed by atoms with Gasteiger partial charge in [-0.3, -0.25) is 0 Å². The lowest BCUT2D eigenvalue weighted by molar-refractivity contribution is 0.348. The summed E-state index contributed by atoms with van der Waals surface area (Å²) < 4.78 is 5.68. The first kappa shape index (κ1) is 15.6. The van der Waals surface area contributed by atoms with Crippen LogP contribution in [0.15, 0.2) is 23.2 Å². The summed E-state index contributed by atoms with van der Waals surface area (Å²) in [7, 11) is 0. The van der Waals surface area contributed by atoms with Crippen LogP contribution in [-0.2, 0) is 6.42 Å². The molecule has 0 aromatic heterocycles. The summed E-state index contributed by atoms with van der Waals surface area (Å²) in [4.78, 5) is 0. The smallest absolute Gasteiger partial charge is 0.141 e. The predicted molar refractivity (Wildman–Crippen MR) is 78.9 cm³/mol. The average molecular weight is 309 g/mol. The molecule has 0 bridgehead atoms. The highest BCUT2D eigenvalue weighted by molar-refractivity contribution is 6.35. The number of benzene rings is 1. The van der Waals surface area contributed by atoms with Gasteiger partial charge in [0.1, 0.15) is 12.4 Å². The first-order valence-electron chi connectivity index (χ1n) is 5.56. The van der Waals surface area contributed by atoms with E-state index in [1.54, 1.807) is 6.07 Å². The maximum Gasteiger partial charge on any atom is 0.141 e. The van der Waals surface area contributed by atoms with E-state index in [9.17, 15) is 0 Å².